The number of allylic oxidation sites excluding steroid dienone is 1. The molecule has 1 N–H and O–H groups in total. The maximum absolute atomic E-state index is 12.1. The fourth-order valence-electron chi connectivity index (χ4n) is 1.68. The van der Waals surface area contributed by atoms with Gasteiger partial charge in [0, 0.05) is 6.54 Å². The van der Waals surface area contributed by atoms with Gasteiger partial charge in [0.1, 0.15) is 5.57 Å². The molecule has 0 unspecified atom stereocenters. The molecule has 5 heteroatoms. The topological polar surface area (TPSA) is 49.4 Å². The molecule has 18 heavy (non-hydrogen) atoms. The number of thiocarbonyl (C=S) groups is 1. The molecule has 0 radical (unpaired) electrons. The lowest BCUT2D eigenvalue weighted by atomic mass is 10.1. The number of amides is 2. The minimum atomic E-state index is -0.401. The summed E-state index contributed by atoms with van der Waals surface area (Å²) >= 11 is 4.95. The SMILES string of the molecule is C=CCN1C(=O)/C(=C/CCCCC)C(=O)NC1=S. The number of carbonyl (C=O) groups excluding carboxylic acids is 2. The van der Waals surface area contributed by atoms with E-state index < -0.39 is 5.91 Å². The quantitative estimate of drug-likeness (QED) is 0.263. The van der Waals surface area contributed by atoms with Gasteiger partial charge in [0.15, 0.2) is 5.11 Å². The zero-order valence-corrected chi connectivity index (χ0v) is 11.4. The summed E-state index contributed by atoms with van der Waals surface area (Å²) in [5, 5.41) is 2.67. The average Bonchev–Trinajstić information content (AvgIpc) is 2.33. The Morgan fingerprint density at radius 2 is 2.11 bits per heavy atom. The maximum atomic E-state index is 12.1. The smallest absolute Gasteiger partial charge is 0.265 e. The van der Waals surface area contributed by atoms with Crippen LogP contribution in [0.4, 0.5) is 0 Å². The standard InChI is InChI=1S/C13H18N2O2S/c1-3-5-6-7-8-10-11(16)14-13(18)15(9-4-2)12(10)17/h4,8H,2-3,5-7,9H2,1H3,(H,14,16,18)/b10-8+. The van der Waals surface area contributed by atoms with Gasteiger partial charge < -0.3 is 0 Å². The van der Waals surface area contributed by atoms with E-state index in [4.69, 9.17) is 12.2 Å². The molecule has 98 valence electrons. The first kappa shape index (κ1) is 14.6. The van der Waals surface area contributed by atoms with Crippen molar-refractivity contribution in [3.63, 3.8) is 0 Å². The Kier molecular flexibility index (Phi) is 5.71. The van der Waals surface area contributed by atoms with Gasteiger partial charge in [0.2, 0.25) is 0 Å². The van der Waals surface area contributed by atoms with E-state index in [0.717, 1.165) is 25.7 Å². The summed E-state index contributed by atoms with van der Waals surface area (Å²) in [5.41, 5.74) is 0.182. The minimum Gasteiger partial charge on any atom is -0.298 e. The lowest BCUT2D eigenvalue weighted by Crippen LogP contribution is -2.53. The van der Waals surface area contributed by atoms with Gasteiger partial charge in [-0.25, -0.2) is 0 Å². The molecule has 2 amide bonds. The van der Waals surface area contributed by atoms with Crippen LogP contribution in [0.2, 0.25) is 0 Å². The van der Waals surface area contributed by atoms with Crippen LogP contribution in [0.1, 0.15) is 32.6 Å². The Hall–Kier alpha value is -1.49. The van der Waals surface area contributed by atoms with E-state index >= 15 is 0 Å². The van der Waals surface area contributed by atoms with E-state index in [-0.39, 0.29) is 16.6 Å². The molecule has 1 aliphatic rings. The van der Waals surface area contributed by atoms with Crippen molar-refractivity contribution in [2.45, 2.75) is 32.6 Å². The largest absolute Gasteiger partial charge is 0.298 e. The highest BCUT2D eigenvalue weighted by Gasteiger charge is 2.32. The van der Waals surface area contributed by atoms with Crippen molar-refractivity contribution in [1.29, 1.82) is 0 Å². The Morgan fingerprint density at radius 1 is 1.39 bits per heavy atom. The highest BCUT2D eigenvalue weighted by atomic mass is 32.1. The second kappa shape index (κ2) is 7.06. The van der Waals surface area contributed by atoms with Gasteiger partial charge in [-0.2, -0.15) is 0 Å². The zero-order valence-electron chi connectivity index (χ0n) is 10.6. The van der Waals surface area contributed by atoms with Crippen LogP contribution >= 0.6 is 12.2 Å². The summed E-state index contributed by atoms with van der Waals surface area (Å²) in [6, 6.07) is 0. The van der Waals surface area contributed by atoms with Gasteiger partial charge in [-0.3, -0.25) is 19.8 Å². The Labute approximate surface area is 113 Å². The van der Waals surface area contributed by atoms with Crippen molar-refractivity contribution < 1.29 is 9.59 Å². The van der Waals surface area contributed by atoms with Gasteiger partial charge in [-0.05, 0) is 25.1 Å². The van der Waals surface area contributed by atoms with Crippen LogP contribution in [0.3, 0.4) is 0 Å². The lowest BCUT2D eigenvalue weighted by Gasteiger charge is -2.27. The Bertz CT molecular complexity index is 402. The van der Waals surface area contributed by atoms with Crippen LogP contribution in [-0.2, 0) is 9.59 Å². The van der Waals surface area contributed by atoms with Crippen LogP contribution in [0.15, 0.2) is 24.3 Å². The number of rotatable bonds is 6. The summed E-state index contributed by atoms with van der Waals surface area (Å²) < 4.78 is 0. The fourth-order valence-corrected chi connectivity index (χ4v) is 1.93. The van der Waals surface area contributed by atoms with Crippen molar-refractivity contribution in [3.05, 3.63) is 24.3 Å². The summed E-state index contributed by atoms with van der Waals surface area (Å²) in [4.78, 5) is 25.1. The van der Waals surface area contributed by atoms with Crippen LogP contribution < -0.4 is 5.32 Å². The molecule has 0 aromatic heterocycles. The molecule has 0 aromatic carbocycles. The van der Waals surface area contributed by atoms with E-state index in [1.54, 1.807) is 12.2 Å². The zero-order chi connectivity index (χ0) is 13.5. The molecule has 1 saturated heterocycles. The van der Waals surface area contributed by atoms with E-state index in [2.05, 4.69) is 18.8 Å². The minimum absolute atomic E-state index is 0.149. The molecule has 1 fully saturated rings. The molecular weight excluding hydrogens is 248 g/mol. The lowest BCUT2D eigenvalue weighted by molar-refractivity contribution is -0.128. The number of unbranched alkanes of at least 4 members (excludes halogenated alkanes) is 3. The van der Waals surface area contributed by atoms with Gasteiger partial charge in [0.25, 0.3) is 11.8 Å². The molecule has 4 nitrogen and oxygen atoms in total. The molecule has 0 bridgehead atoms. The Morgan fingerprint density at radius 3 is 2.72 bits per heavy atom. The first-order valence-electron chi connectivity index (χ1n) is 6.10. The number of hydrogen-bond acceptors (Lipinski definition) is 3. The summed E-state index contributed by atoms with van der Waals surface area (Å²) in [7, 11) is 0. The molecular formula is C13H18N2O2S. The number of hydrogen-bond donors (Lipinski definition) is 1. The van der Waals surface area contributed by atoms with E-state index in [1.165, 1.54) is 4.90 Å². The van der Waals surface area contributed by atoms with Crippen molar-refractivity contribution >= 4 is 29.1 Å². The van der Waals surface area contributed by atoms with Gasteiger partial charge >= 0.3 is 0 Å². The van der Waals surface area contributed by atoms with Gasteiger partial charge in [-0.1, -0.05) is 31.9 Å². The second-order valence-electron chi connectivity index (χ2n) is 4.08. The third-order valence-corrected chi connectivity index (χ3v) is 2.98. The van der Waals surface area contributed by atoms with Crippen molar-refractivity contribution in [3.8, 4) is 0 Å². The van der Waals surface area contributed by atoms with Crippen molar-refractivity contribution in [1.82, 2.24) is 10.2 Å². The molecule has 0 saturated carbocycles. The van der Waals surface area contributed by atoms with E-state index in [0.29, 0.717) is 6.54 Å². The summed E-state index contributed by atoms with van der Waals surface area (Å²) in [6.07, 6.45) is 7.19. The van der Waals surface area contributed by atoms with Crippen molar-refractivity contribution in [2.24, 2.45) is 0 Å². The van der Waals surface area contributed by atoms with Gasteiger partial charge in [0.05, 0.1) is 0 Å². The fraction of sp³-hybridized carbons (Fsp3) is 0.462. The molecule has 0 aliphatic carbocycles. The molecule has 1 heterocycles. The Balaban J connectivity index is 2.76. The second-order valence-corrected chi connectivity index (χ2v) is 4.46. The highest BCUT2D eigenvalue weighted by Crippen LogP contribution is 2.12. The first-order valence-corrected chi connectivity index (χ1v) is 6.50. The third-order valence-electron chi connectivity index (χ3n) is 2.65. The van der Waals surface area contributed by atoms with Crippen LogP contribution in [-0.4, -0.2) is 28.4 Å². The normalized spacial score (nSPS) is 18.2. The summed E-state index contributed by atoms with van der Waals surface area (Å²) in [6.45, 7) is 5.99. The van der Waals surface area contributed by atoms with E-state index in [9.17, 15) is 9.59 Å². The van der Waals surface area contributed by atoms with E-state index in [1.807, 2.05) is 0 Å². The van der Waals surface area contributed by atoms with Gasteiger partial charge in [-0.15, -0.1) is 6.58 Å². The maximum Gasteiger partial charge on any atom is 0.265 e. The van der Waals surface area contributed by atoms with Crippen LogP contribution in [0.5, 0.6) is 0 Å². The summed E-state index contributed by atoms with van der Waals surface area (Å²) in [5.74, 6) is -0.734. The molecule has 1 aliphatic heterocycles. The molecule has 0 spiro atoms. The third kappa shape index (κ3) is 3.50. The molecule has 1 rings (SSSR count). The predicted molar refractivity (Wildman–Crippen MR) is 74.9 cm³/mol. The highest BCUT2D eigenvalue weighted by molar-refractivity contribution is 7.80. The number of nitrogens with zero attached hydrogens (tertiary/aromatic N) is 1. The van der Waals surface area contributed by atoms with Crippen molar-refractivity contribution in [2.75, 3.05) is 6.54 Å². The number of nitrogens with one attached hydrogen (secondary N) is 1. The van der Waals surface area contributed by atoms with Crippen LogP contribution in [0, 0.1) is 0 Å². The molecule has 0 atom stereocenters. The first-order chi connectivity index (χ1) is 8.61. The van der Waals surface area contributed by atoms with Crippen LogP contribution in [0.25, 0.3) is 0 Å². The monoisotopic (exact) mass is 266 g/mol. The predicted octanol–water partition coefficient (Wildman–Crippen LogP) is 1.92. The average molecular weight is 266 g/mol. The molecule has 0 aromatic rings. The number of carbonyl (C=O) groups is 2.